The maximum atomic E-state index is 12.5. The van der Waals surface area contributed by atoms with E-state index in [0.29, 0.717) is 0 Å². The molecule has 4 heterocycles. The van der Waals surface area contributed by atoms with Crippen LogP contribution in [0.15, 0.2) is 6.07 Å². The number of aryl methyl sites for hydroxylation is 1. The second-order valence-electron chi connectivity index (χ2n) is 7.34. The van der Waals surface area contributed by atoms with E-state index in [1.54, 1.807) is 0 Å². The summed E-state index contributed by atoms with van der Waals surface area (Å²) in [4.78, 5) is 17.0. The zero-order chi connectivity index (χ0) is 17.1. The molecule has 0 bridgehead atoms. The van der Waals surface area contributed by atoms with E-state index in [2.05, 4.69) is 21.0 Å². The van der Waals surface area contributed by atoms with Crippen LogP contribution in [0.1, 0.15) is 37.1 Å². The van der Waals surface area contributed by atoms with Crippen LogP contribution in [0.2, 0.25) is 0 Å². The first kappa shape index (κ1) is 17.0. The number of rotatable bonds is 3. The van der Waals surface area contributed by atoms with Gasteiger partial charge in [-0.2, -0.15) is 5.10 Å². The van der Waals surface area contributed by atoms with Gasteiger partial charge in [-0.1, -0.05) is 0 Å². The van der Waals surface area contributed by atoms with Crippen molar-refractivity contribution < 1.29 is 9.53 Å². The van der Waals surface area contributed by atoms with E-state index in [1.165, 1.54) is 5.69 Å². The highest BCUT2D eigenvalue weighted by Gasteiger charge is 2.29. The van der Waals surface area contributed by atoms with Gasteiger partial charge in [-0.25, -0.2) is 0 Å². The number of ether oxygens (including phenoxy) is 1. The van der Waals surface area contributed by atoms with E-state index in [1.807, 2.05) is 4.90 Å². The predicted molar refractivity (Wildman–Crippen MR) is 94.0 cm³/mol. The summed E-state index contributed by atoms with van der Waals surface area (Å²) in [5.41, 5.74) is 2.44. The van der Waals surface area contributed by atoms with Crippen molar-refractivity contribution in [3.63, 3.8) is 0 Å². The third-order valence-electron chi connectivity index (χ3n) is 5.43. The van der Waals surface area contributed by atoms with Gasteiger partial charge in [-0.15, -0.1) is 0 Å². The summed E-state index contributed by atoms with van der Waals surface area (Å²) >= 11 is 0. The molecule has 1 aromatic heterocycles. The molecule has 0 radical (unpaired) electrons. The minimum atomic E-state index is -0.192. The molecule has 3 aliphatic heterocycles. The Morgan fingerprint density at radius 2 is 2.16 bits per heavy atom. The molecule has 0 spiro atoms. The molecule has 3 aliphatic rings. The largest absolute Gasteiger partial charge is 0.368 e. The summed E-state index contributed by atoms with van der Waals surface area (Å²) in [6.07, 6.45) is 3.86. The van der Waals surface area contributed by atoms with Gasteiger partial charge in [-0.3, -0.25) is 14.4 Å². The number of nitrogens with one attached hydrogen (secondary N) is 1. The molecule has 7 heteroatoms. The SMILES string of the molecule is O=C(C1CCCO1)N1CCCN(Cc2cc3n(n2)CCCNC3)CC1. The number of aromatic nitrogens is 2. The van der Waals surface area contributed by atoms with Crippen molar-refractivity contribution in [2.75, 3.05) is 39.3 Å². The van der Waals surface area contributed by atoms with E-state index >= 15 is 0 Å². The van der Waals surface area contributed by atoms with Crippen LogP contribution in [0.25, 0.3) is 0 Å². The standard InChI is InChI=1S/C18H29N5O2/c24-18(17-4-1-11-25-17)22-7-3-6-21(9-10-22)14-15-12-16-13-19-5-2-8-23(16)20-15/h12,17,19H,1-11,13-14H2. The van der Waals surface area contributed by atoms with Gasteiger partial charge in [0.05, 0.1) is 11.4 Å². The summed E-state index contributed by atoms with van der Waals surface area (Å²) in [6, 6.07) is 2.23. The van der Waals surface area contributed by atoms with Gasteiger partial charge < -0.3 is 15.0 Å². The zero-order valence-corrected chi connectivity index (χ0v) is 15.0. The average Bonchev–Trinajstić information content (AvgIpc) is 3.15. The Hall–Kier alpha value is -1.44. The fourth-order valence-electron chi connectivity index (χ4n) is 4.05. The Kier molecular flexibility index (Phi) is 5.33. The van der Waals surface area contributed by atoms with Gasteiger partial charge in [0.25, 0.3) is 5.91 Å². The molecule has 2 fully saturated rings. The van der Waals surface area contributed by atoms with Crippen molar-refractivity contribution in [3.05, 3.63) is 17.5 Å². The normalized spacial score (nSPS) is 25.4. The van der Waals surface area contributed by atoms with E-state index in [0.717, 1.165) is 90.3 Å². The molecule has 25 heavy (non-hydrogen) atoms. The number of carbonyl (C=O) groups excluding carboxylic acids is 1. The average molecular weight is 347 g/mol. The second kappa shape index (κ2) is 7.85. The van der Waals surface area contributed by atoms with Crippen molar-refractivity contribution in [1.82, 2.24) is 24.9 Å². The topological polar surface area (TPSA) is 62.6 Å². The van der Waals surface area contributed by atoms with Crippen molar-refractivity contribution in [2.45, 2.75) is 51.4 Å². The summed E-state index contributed by atoms with van der Waals surface area (Å²) in [5, 5.41) is 8.23. The van der Waals surface area contributed by atoms with Crippen LogP contribution in [0.4, 0.5) is 0 Å². The maximum Gasteiger partial charge on any atom is 0.251 e. The molecule has 0 aromatic carbocycles. The molecule has 7 nitrogen and oxygen atoms in total. The van der Waals surface area contributed by atoms with Crippen LogP contribution in [0.5, 0.6) is 0 Å². The monoisotopic (exact) mass is 347 g/mol. The van der Waals surface area contributed by atoms with Crippen molar-refractivity contribution in [2.24, 2.45) is 0 Å². The third kappa shape index (κ3) is 4.04. The van der Waals surface area contributed by atoms with Crippen molar-refractivity contribution in [3.8, 4) is 0 Å². The number of hydrogen-bond donors (Lipinski definition) is 1. The summed E-state index contributed by atoms with van der Waals surface area (Å²) in [5.74, 6) is 0.194. The summed E-state index contributed by atoms with van der Waals surface area (Å²) < 4.78 is 7.72. The molecular formula is C18H29N5O2. The van der Waals surface area contributed by atoms with Gasteiger partial charge in [0.1, 0.15) is 6.10 Å². The third-order valence-corrected chi connectivity index (χ3v) is 5.43. The van der Waals surface area contributed by atoms with Crippen LogP contribution in [0, 0.1) is 0 Å². The van der Waals surface area contributed by atoms with Crippen molar-refractivity contribution in [1.29, 1.82) is 0 Å². The lowest BCUT2D eigenvalue weighted by Crippen LogP contribution is -2.41. The quantitative estimate of drug-likeness (QED) is 0.867. The Balaban J connectivity index is 1.33. The summed E-state index contributed by atoms with van der Waals surface area (Å²) in [6.45, 7) is 8.18. The molecule has 1 amide bonds. The lowest BCUT2D eigenvalue weighted by Gasteiger charge is -2.24. The first-order valence-corrected chi connectivity index (χ1v) is 9.69. The molecule has 2 saturated heterocycles. The highest BCUT2D eigenvalue weighted by Crippen LogP contribution is 2.17. The minimum absolute atomic E-state index is 0.192. The van der Waals surface area contributed by atoms with E-state index in [4.69, 9.17) is 9.84 Å². The molecule has 138 valence electrons. The van der Waals surface area contributed by atoms with Crippen LogP contribution in [-0.4, -0.2) is 70.9 Å². The highest BCUT2D eigenvalue weighted by atomic mass is 16.5. The Morgan fingerprint density at radius 3 is 3.04 bits per heavy atom. The van der Waals surface area contributed by atoms with E-state index in [9.17, 15) is 4.79 Å². The molecule has 1 atom stereocenters. The Labute approximate surface area is 149 Å². The lowest BCUT2D eigenvalue weighted by molar-refractivity contribution is -0.140. The maximum absolute atomic E-state index is 12.5. The van der Waals surface area contributed by atoms with Crippen molar-refractivity contribution >= 4 is 5.91 Å². The first-order valence-electron chi connectivity index (χ1n) is 9.69. The van der Waals surface area contributed by atoms with Gasteiger partial charge in [0.2, 0.25) is 0 Å². The van der Waals surface area contributed by atoms with Gasteiger partial charge in [0, 0.05) is 52.4 Å². The van der Waals surface area contributed by atoms with Gasteiger partial charge >= 0.3 is 0 Å². The van der Waals surface area contributed by atoms with Gasteiger partial charge in [0.15, 0.2) is 0 Å². The predicted octanol–water partition coefficient (Wildman–Crippen LogP) is 0.590. The molecule has 0 aliphatic carbocycles. The molecular weight excluding hydrogens is 318 g/mol. The van der Waals surface area contributed by atoms with E-state index in [-0.39, 0.29) is 12.0 Å². The Morgan fingerprint density at radius 1 is 1.20 bits per heavy atom. The number of carbonyl (C=O) groups is 1. The van der Waals surface area contributed by atoms with Crippen LogP contribution < -0.4 is 5.32 Å². The molecule has 0 saturated carbocycles. The van der Waals surface area contributed by atoms with E-state index < -0.39 is 0 Å². The summed E-state index contributed by atoms with van der Waals surface area (Å²) in [7, 11) is 0. The molecule has 1 unspecified atom stereocenters. The second-order valence-corrected chi connectivity index (χ2v) is 7.34. The van der Waals surface area contributed by atoms with Crippen LogP contribution in [-0.2, 0) is 29.2 Å². The fourth-order valence-corrected chi connectivity index (χ4v) is 4.05. The molecule has 4 rings (SSSR count). The molecule has 1 aromatic rings. The first-order chi connectivity index (χ1) is 12.3. The minimum Gasteiger partial charge on any atom is -0.368 e. The lowest BCUT2D eigenvalue weighted by atomic mass is 10.2. The zero-order valence-electron chi connectivity index (χ0n) is 15.0. The highest BCUT2D eigenvalue weighted by molar-refractivity contribution is 5.81. The number of amides is 1. The number of fused-ring (bicyclic) bond motifs is 1. The molecule has 1 N–H and O–H groups in total. The fraction of sp³-hybridized carbons (Fsp3) is 0.778. The van der Waals surface area contributed by atoms with Crippen LogP contribution in [0.3, 0.4) is 0 Å². The Bertz CT molecular complexity index is 573. The smallest absolute Gasteiger partial charge is 0.251 e. The van der Waals surface area contributed by atoms with Gasteiger partial charge in [-0.05, 0) is 38.3 Å². The van der Waals surface area contributed by atoms with Crippen LogP contribution >= 0.6 is 0 Å². The number of nitrogens with zero attached hydrogens (tertiary/aromatic N) is 4. The number of hydrogen-bond acceptors (Lipinski definition) is 5.